The Bertz CT molecular complexity index is 4950. The highest BCUT2D eigenvalue weighted by Crippen LogP contribution is 2.55. The lowest BCUT2D eigenvalue weighted by Crippen LogP contribution is -2.41. The largest absolute Gasteiger partial charge is 0.495 e. The number of hydrogen-bond acceptors (Lipinski definition) is 2. The van der Waals surface area contributed by atoms with Gasteiger partial charge in [0, 0.05) is 4.47 Å². The van der Waals surface area contributed by atoms with Crippen molar-refractivity contribution in [2.24, 2.45) is 0 Å². The highest BCUT2D eigenvalue weighted by atomic mass is 79.9. The Hall–Kier alpha value is -7.86. The summed E-state index contributed by atoms with van der Waals surface area (Å²) in [5.74, 6) is 0. The first-order chi connectivity index (χ1) is 36.2. The molecule has 1 aliphatic rings. The van der Waals surface area contributed by atoms with E-state index < -0.39 is 18.3 Å². The molecule has 0 amide bonds. The Morgan fingerprint density at radius 2 is 0.608 bits per heavy atom. The molecule has 1 heterocycles. The molecule has 1 aliphatic heterocycles. The van der Waals surface area contributed by atoms with Gasteiger partial charge in [-0.05, 0) is 191 Å². The van der Waals surface area contributed by atoms with Crippen LogP contribution in [0.15, 0.2) is 211 Å². The molecule has 4 heteroatoms. The Morgan fingerprint density at radius 3 is 1.11 bits per heavy atom. The molecule has 0 N–H and O–H groups in total. The lowest BCUT2D eigenvalue weighted by molar-refractivity contribution is 0.00578. The average molecular weight is 1010 g/mol. The topological polar surface area (TPSA) is 18.5 Å². The van der Waals surface area contributed by atoms with Crippen molar-refractivity contribution >= 4 is 158 Å². The lowest BCUT2D eigenvalue weighted by atomic mass is 9.75. The predicted octanol–water partition coefficient (Wildman–Crippen LogP) is 19.4. The van der Waals surface area contributed by atoms with Gasteiger partial charge in [0.1, 0.15) is 0 Å². The van der Waals surface area contributed by atoms with E-state index in [1.54, 1.807) is 0 Å². The number of halogens is 1. The highest BCUT2D eigenvalue weighted by molar-refractivity contribution is 9.10. The molecule has 1 saturated heterocycles. The summed E-state index contributed by atoms with van der Waals surface area (Å²) in [6.07, 6.45) is 0. The molecular formula is C70H46BBrO2. The van der Waals surface area contributed by atoms with Gasteiger partial charge in [0.25, 0.3) is 0 Å². The molecule has 0 aliphatic carbocycles. The Labute approximate surface area is 436 Å². The second-order valence-electron chi connectivity index (χ2n) is 21.6. The third kappa shape index (κ3) is 5.53. The SMILES string of the molecule is Brc1ccc2c3c1cccc3c1c(-c3ccccc3)c3cccc4c5ccccc5c(c34)c21.CC1(C)OB(c2ccc3c4c2cccc4c2c(-c4ccccc4)c4cccc5c6ccccc6c(c45)c32)OC1(C)C. The fourth-order valence-corrected chi connectivity index (χ4v) is 14.1. The van der Waals surface area contributed by atoms with E-state index in [9.17, 15) is 0 Å². The molecule has 0 saturated carbocycles. The number of hydrogen-bond donors (Lipinski definition) is 0. The minimum absolute atomic E-state index is 0.395. The monoisotopic (exact) mass is 1010 g/mol. The van der Waals surface area contributed by atoms with Crippen molar-refractivity contribution in [2.75, 3.05) is 0 Å². The maximum atomic E-state index is 6.57. The summed E-state index contributed by atoms with van der Waals surface area (Å²) in [7, 11) is -0.414. The van der Waals surface area contributed by atoms with E-state index in [0.717, 1.165) is 9.94 Å². The molecule has 74 heavy (non-hydrogen) atoms. The van der Waals surface area contributed by atoms with Crippen molar-refractivity contribution in [2.45, 2.75) is 38.9 Å². The van der Waals surface area contributed by atoms with Gasteiger partial charge < -0.3 is 9.31 Å². The minimum atomic E-state index is -0.414. The lowest BCUT2D eigenvalue weighted by Gasteiger charge is -2.32. The zero-order chi connectivity index (χ0) is 49.4. The first-order valence-electron chi connectivity index (χ1n) is 25.9. The quantitative estimate of drug-likeness (QED) is 0.164. The van der Waals surface area contributed by atoms with Crippen LogP contribution in [0.1, 0.15) is 27.7 Å². The van der Waals surface area contributed by atoms with E-state index in [0.29, 0.717) is 0 Å². The van der Waals surface area contributed by atoms with Gasteiger partial charge in [0.15, 0.2) is 0 Å². The van der Waals surface area contributed by atoms with Crippen LogP contribution in [0.3, 0.4) is 0 Å². The Morgan fingerprint density at radius 1 is 0.270 bits per heavy atom. The number of rotatable bonds is 3. The van der Waals surface area contributed by atoms with Gasteiger partial charge in [0.05, 0.1) is 11.2 Å². The molecule has 348 valence electrons. The van der Waals surface area contributed by atoms with E-state index in [4.69, 9.17) is 9.31 Å². The molecule has 0 aromatic heterocycles. The number of fused-ring (bicyclic) bond motifs is 14. The van der Waals surface area contributed by atoms with Gasteiger partial charge in [-0.2, -0.15) is 0 Å². The number of benzene rings is 12. The molecule has 16 aromatic rings. The van der Waals surface area contributed by atoms with Gasteiger partial charge in [0.2, 0.25) is 0 Å². The van der Waals surface area contributed by atoms with Gasteiger partial charge in [-0.3, -0.25) is 0 Å². The Kier molecular flexibility index (Phi) is 8.71. The zero-order valence-electron chi connectivity index (χ0n) is 41.4. The van der Waals surface area contributed by atoms with Crippen LogP contribution in [-0.2, 0) is 9.31 Å². The van der Waals surface area contributed by atoms with E-state index in [2.05, 4.69) is 250 Å². The van der Waals surface area contributed by atoms with Crippen molar-refractivity contribution in [3.8, 4) is 22.3 Å². The fourth-order valence-electron chi connectivity index (χ4n) is 13.6. The van der Waals surface area contributed by atoms with Crippen LogP contribution < -0.4 is 5.46 Å². The fraction of sp³-hybridized carbons (Fsp3) is 0.0857. The maximum absolute atomic E-state index is 6.57. The van der Waals surface area contributed by atoms with Crippen LogP contribution in [0.4, 0.5) is 0 Å². The normalized spacial score (nSPS) is 14.9. The molecule has 16 aromatic carbocycles. The van der Waals surface area contributed by atoms with Crippen LogP contribution in [0.2, 0.25) is 0 Å². The molecule has 17 rings (SSSR count). The van der Waals surface area contributed by atoms with Gasteiger partial charge >= 0.3 is 7.12 Å². The Balaban J connectivity index is 0.000000129. The molecule has 1 fully saturated rings. The summed E-state index contributed by atoms with van der Waals surface area (Å²) in [5.41, 5.74) is 5.49. The van der Waals surface area contributed by atoms with Gasteiger partial charge in [-0.1, -0.05) is 216 Å². The minimum Gasteiger partial charge on any atom is -0.399 e. The second kappa shape index (κ2) is 15.1. The molecule has 2 nitrogen and oxygen atoms in total. The maximum Gasteiger partial charge on any atom is 0.495 e. The summed E-state index contributed by atoms with van der Waals surface area (Å²) in [6, 6.07) is 75.9. The smallest absolute Gasteiger partial charge is 0.399 e. The van der Waals surface area contributed by atoms with Crippen LogP contribution >= 0.6 is 15.9 Å². The molecule has 0 radical (unpaired) electrons. The van der Waals surface area contributed by atoms with E-state index in [1.807, 2.05) is 0 Å². The summed E-state index contributed by atoms with van der Waals surface area (Å²) < 4.78 is 14.3. The first kappa shape index (κ1) is 42.6. The van der Waals surface area contributed by atoms with Crippen LogP contribution in [0.5, 0.6) is 0 Å². The standard InChI is InChI=1S/C38H29BO2.C32H17Br/c1-37(2)38(3,4)41-39(40-37)30-21-20-29-32-26(30)17-11-19-28(32)35-31(22-12-6-5-7-13-22)27-18-10-16-24-23-14-8-9-15-25(23)34(33(24)27)36(29)35;33-26-17-16-25-28-22(26)13-7-15-24(28)31-27(18-8-2-1-3-9-18)23-14-6-12-20-19-10-4-5-11-21(19)30(29(20)23)32(25)31/h5-21H,1-4H3;1-17H. The predicted molar refractivity (Wildman–Crippen MR) is 322 cm³/mol. The van der Waals surface area contributed by atoms with Crippen LogP contribution in [-0.4, -0.2) is 18.3 Å². The van der Waals surface area contributed by atoms with Gasteiger partial charge in [-0.25, -0.2) is 0 Å². The van der Waals surface area contributed by atoms with Crippen molar-refractivity contribution in [1.29, 1.82) is 0 Å². The molecule has 0 unspecified atom stereocenters. The average Bonchev–Trinajstić information content (AvgIpc) is 4.20. The van der Waals surface area contributed by atoms with Crippen molar-refractivity contribution in [3.05, 3.63) is 211 Å². The van der Waals surface area contributed by atoms with Crippen LogP contribution in [0, 0.1) is 0 Å². The molecule has 0 bridgehead atoms. The molecule has 0 spiro atoms. The van der Waals surface area contributed by atoms with Crippen molar-refractivity contribution < 1.29 is 9.31 Å². The van der Waals surface area contributed by atoms with E-state index in [1.165, 1.54) is 152 Å². The molecule has 0 atom stereocenters. The summed E-state index contributed by atoms with van der Waals surface area (Å²) >= 11 is 3.82. The first-order valence-corrected chi connectivity index (χ1v) is 26.7. The summed E-state index contributed by atoms with van der Waals surface area (Å²) in [5, 5.41) is 32.0. The highest BCUT2D eigenvalue weighted by Gasteiger charge is 2.52. The van der Waals surface area contributed by atoms with Crippen molar-refractivity contribution in [3.63, 3.8) is 0 Å². The van der Waals surface area contributed by atoms with Crippen molar-refractivity contribution in [1.82, 2.24) is 0 Å². The van der Waals surface area contributed by atoms with Gasteiger partial charge in [-0.15, -0.1) is 0 Å². The van der Waals surface area contributed by atoms with E-state index >= 15 is 0 Å². The van der Waals surface area contributed by atoms with E-state index in [-0.39, 0.29) is 0 Å². The third-order valence-corrected chi connectivity index (χ3v) is 18.1. The second-order valence-corrected chi connectivity index (χ2v) is 22.5. The third-order valence-electron chi connectivity index (χ3n) is 17.4. The summed E-state index contributed by atoms with van der Waals surface area (Å²) in [4.78, 5) is 0. The zero-order valence-corrected chi connectivity index (χ0v) is 43.0. The summed E-state index contributed by atoms with van der Waals surface area (Å²) in [6.45, 7) is 8.49. The van der Waals surface area contributed by atoms with Crippen LogP contribution in [0.25, 0.3) is 152 Å². The molecular weight excluding hydrogens is 963 g/mol.